The minimum Gasteiger partial charge on any atom is -0.0877 e. The van der Waals surface area contributed by atoms with Gasteiger partial charge in [-0.25, -0.2) is 0 Å². The highest BCUT2D eigenvalue weighted by atomic mass is 14.5. The highest BCUT2D eigenvalue weighted by Crippen LogP contribution is 2.57. The number of hydrogen-bond acceptors (Lipinski definition) is 0. The van der Waals surface area contributed by atoms with Crippen LogP contribution in [-0.2, 0) is 0 Å². The van der Waals surface area contributed by atoms with Gasteiger partial charge in [-0.15, -0.1) is 0 Å². The van der Waals surface area contributed by atoms with E-state index < -0.39 is 0 Å². The Hall–Kier alpha value is -0.260. The smallest absolute Gasteiger partial charge is 0.0113 e. The third kappa shape index (κ3) is 0.624. The molecule has 0 aliphatic heterocycles. The van der Waals surface area contributed by atoms with E-state index in [0.717, 1.165) is 11.8 Å². The van der Waals surface area contributed by atoms with E-state index in [-0.39, 0.29) is 0 Å². The monoisotopic (exact) mass is 136 g/mol. The molecule has 0 aromatic heterocycles. The van der Waals surface area contributed by atoms with Crippen LogP contribution in [0.3, 0.4) is 0 Å². The first kappa shape index (κ1) is 6.45. The van der Waals surface area contributed by atoms with Crippen LogP contribution < -0.4 is 0 Å². The van der Waals surface area contributed by atoms with Crippen LogP contribution in [0, 0.1) is 17.3 Å². The van der Waals surface area contributed by atoms with Crippen LogP contribution in [-0.4, -0.2) is 0 Å². The van der Waals surface area contributed by atoms with Gasteiger partial charge in [0.25, 0.3) is 0 Å². The van der Waals surface area contributed by atoms with Gasteiger partial charge in [-0.1, -0.05) is 32.4 Å². The summed E-state index contributed by atoms with van der Waals surface area (Å²) < 4.78 is 0. The lowest BCUT2D eigenvalue weighted by atomic mass is 9.50. The van der Waals surface area contributed by atoms with Gasteiger partial charge in [0.15, 0.2) is 0 Å². The molecule has 0 saturated heterocycles. The van der Waals surface area contributed by atoms with Crippen molar-refractivity contribution in [2.75, 3.05) is 0 Å². The molecule has 0 aromatic rings. The van der Waals surface area contributed by atoms with Gasteiger partial charge in [0.05, 0.1) is 0 Å². The van der Waals surface area contributed by atoms with Crippen LogP contribution in [0.25, 0.3) is 0 Å². The quantitative estimate of drug-likeness (QED) is 0.486. The van der Waals surface area contributed by atoms with Crippen LogP contribution in [0.4, 0.5) is 0 Å². The first-order valence-corrected chi connectivity index (χ1v) is 4.44. The summed E-state index contributed by atoms with van der Waals surface area (Å²) in [6, 6.07) is 0. The molecule has 0 spiro atoms. The molecule has 2 bridgehead atoms. The van der Waals surface area contributed by atoms with Gasteiger partial charge in [0, 0.05) is 0 Å². The van der Waals surface area contributed by atoms with Crippen molar-refractivity contribution in [2.45, 2.75) is 33.1 Å². The third-order valence-electron chi connectivity index (χ3n) is 3.50. The molecule has 0 N–H and O–H groups in total. The van der Waals surface area contributed by atoms with Crippen molar-refractivity contribution in [2.24, 2.45) is 17.3 Å². The van der Waals surface area contributed by atoms with E-state index >= 15 is 0 Å². The molecular formula is C10H16. The van der Waals surface area contributed by atoms with E-state index in [0.29, 0.717) is 5.41 Å². The average molecular weight is 136 g/mol. The molecule has 0 nitrogen and oxygen atoms in total. The lowest BCUT2D eigenvalue weighted by Gasteiger charge is -2.54. The minimum atomic E-state index is 0.609. The summed E-state index contributed by atoms with van der Waals surface area (Å²) in [5.41, 5.74) is 0.609. The largest absolute Gasteiger partial charge is 0.0877 e. The second-order valence-electron chi connectivity index (χ2n) is 4.12. The van der Waals surface area contributed by atoms with Gasteiger partial charge in [-0.05, 0) is 30.1 Å². The fraction of sp³-hybridized carbons (Fsp3) is 0.800. The average Bonchev–Trinajstić information content (AvgIpc) is 1.88. The molecule has 0 aromatic carbocycles. The van der Waals surface area contributed by atoms with Crippen molar-refractivity contribution >= 4 is 0 Å². The van der Waals surface area contributed by atoms with Crippen molar-refractivity contribution in [3.05, 3.63) is 12.2 Å². The summed E-state index contributed by atoms with van der Waals surface area (Å²) >= 11 is 0. The van der Waals surface area contributed by atoms with Gasteiger partial charge in [0.2, 0.25) is 0 Å². The van der Waals surface area contributed by atoms with Gasteiger partial charge in [0.1, 0.15) is 0 Å². The zero-order valence-electron chi connectivity index (χ0n) is 6.93. The molecule has 0 heteroatoms. The van der Waals surface area contributed by atoms with E-state index in [4.69, 9.17) is 0 Å². The number of hydrogen-bond donors (Lipinski definition) is 0. The molecule has 3 unspecified atom stereocenters. The first-order valence-electron chi connectivity index (χ1n) is 4.44. The molecule has 0 heterocycles. The molecule has 3 aliphatic carbocycles. The molecule has 3 rings (SSSR count). The summed E-state index contributed by atoms with van der Waals surface area (Å²) in [4.78, 5) is 0. The van der Waals surface area contributed by atoms with E-state index in [9.17, 15) is 0 Å². The Morgan fingerprint density at radius 3 is 2.80 bits per heavy atom. The minimum absolute atomic E-state index is 0.609. The zero-order valence-corrected chi connectivity index (χ0v) is 6.93. The summed E-state index contributed by atoms with van der Waals surface area (Å²) in [5, 5.41) is 0. The van der Waals surface area contributed by atoms with Crippen LogP contribution in [0.15, 0.2) is 12.2 Å². The van der Waals surface area contributed by atoms with Crippen molar-refractivity contribution in [3.63, 3.8) is 0 Å². The van der Waals surface area contributed by atoms with Crippen molar-refractivity contribution in [1.82, 2.24) is 0 Å². The highest BCUT2D eigenvalue weighted by molar-refractivity contribution is 5.15. The summed E-state index contributed by atoms with van der Waals surface area (Å²) in [5.74, 6) is 2.05. The Labute approximate surface area is 63.3 Å². The number of fused-ring (bicyclic) bond motifs is 1. The van der Waals surface area contributed by atoms with Crippen molar-refractivity contribution in [1.29, 1.82) is 0 Å². The Morgan fingerprint density at radius 2 is 2.40 bits per heavy atom. The maximum Gasteiger partial charge on any atom is -0.0113 e. The Kier molecular flexibility index (Phi) is 1.21. The van der Waals surface area contributed by atoms with Gasteiger partial charge in [-0.3, -0.25) is 0 Å². The molecule has 3 aliphatic rings. The molecule has 0 radical (unpaired) electrons. The van der Waals surface area contributed by atoms with Crippen LogP contribution in [0.1, 0.15) is 33.1 Å². The second-order valence-corrected chi connectivity index (χ2v) is 4.12. The maximum absolute atomic E-state index is 2.45. The molecule has 3 atom stereocenters. The molecular weight excluding hydrogens is 120 g/mol. The normalized spacial score (nSPS) is 50.6. The second kappa shape index (κ2) is 1.87. The SMILES string of the molecule is CCC1C2CC=CC1(C)C2. The highest BCUT2D eigenvalue weighted by Gasteiger charge is 2.48. The van der Waals surface area contributed by atoms with E-state index in [1.54, 1.807) is 0 Å². The van der Waals surface area contributed by atoms with Gasteiger partial charge >= 0.3 is 0 Å². The van der Waals surface area contributed by atoms with Crippen molar-refractivity contribution in [3.8, 4) is 0 Å². The van der Waals surface area contributed by atoms with E-state index in [1.807, 2.05) is 0 Å². The lowest BCUT2D eigenvalue weighted by molar-refractivity contribution is 0.00235. The summed E-state index contributed by atoms with van der Waals surface area (Å²) in [6.07, 6.45) is 9.02. The van der Waals surface area contributed by atoms with Gasteiger partial charge in [-0.2, -0.15) is 0 Å². The summed E-state index contributed by atoms with van der Waals surface area (Å²) in [6.45, 7) is 4.74. The van der Waals surface area contributed by atoms with Crippen LogP contribution >= 0.6 is 0 Å². The maximum atomic E-state index is 2.45. The predicted molar refractivity (Wildman–Crippen MR) is 43.8 cm³/mol. The predicted octanol–water partition coefficient (Wildman–Crippen LogP) is 3.00. The third-order valence-corrected chi connectivity index (χ3v) is 3.50. The molecule has 1 fully saturated rings. The standard InChI is InChI=1S/C10H16/c1-3-9-8-5-4-6-10(9,2)7-8/h4,6,8-9H,3,5,7H2,1-2H3. The Morgan fingerprint density at radius 1 is 1.60 bits per heavy atom. The first-order chi connectivity index (χ1) is 4.76. The van der Waals surface area contributed by atoms with Crippen LogP contribution in [0.2, 0.25) is 0 Å². The Bertz CT molecular complexity index is 169. The van der Waals surface area contributed by atoms with Gasteiger partial charge < -0.3 is 0 Å². The van der Waals surface area contributed by atoms with E-state index in [2.05, 4.69) is 26.0 Å². The summed E-state index contributed by atoms with van der Waals surface area (Å²) in [7, 11) is 0. The van der Waals surface area contributed by atoms with Crippen LogP contribution in [0.5, 0.6) is 0 Å². The molecule has 56 valence electrons. The zero-order chi connectivity index (χ0) is 7.19. The fourth-order valence-electron chi connectivity index (χ4n) is 2.99. The lowest BCUT2D eigenvalue weighted by Crippen LogP contribution is -2.46. The fourth-order valence-corrected chi connectivity index (χ4v) is 2.99. The topological polar surface area (TPSA) is 0 Å². The number of rotatable bonds is 1. The Balaban J connectivity index is 2.20. The number of allylic oxidation sites excluding steroid dienone is 2. The molecule has 1 saturated carbocycles. The molecule has 10 heavy (non-hydrogen) atoms. The van der Waals surface area contributed by atoms with Crippen molar-refractivity contribution < 1.29 is 0 Å². The van der Waals surface area contributed by atoms with E-state index in [1.165, 1.54) is 19.3 Å². The molecule has 0 amide bonds.